The Morgan fingerprint density at radius 1 is 1.12 bits per heavy atom. The highest BCUT2D eigenvalue weighted by Gasteiger charge is 2.07. The lowest BCUT2D eigenvalue weighted by atomic mass is 10.3. The Bertz CT molecular complexity index is 471. The summed E-state index contributed by atoms with van der Waals surface area (Å²) in [5.74, 6) is 2.12. The quantitative estimate of drug-likeness (QED) is 0.855. The van der Waals surface area contributed by atoms with Crippen molar-refractivity contribution in [1.82, 2.24) is 9.97 Å². The van der Waals surface area contributed by atoms with Gasteiger partial charge in [0, 0.05) is 7.05 Å². The number of rotatable bonds is 3. The van der Waals surface area contributed by atoms with Crippen LogP contribution < -0.4 is 10.1 Å². The second-order valence-electron chi connectivity index (χ2n) is 3.32. The molecule has 0 aliphatic carbocycles. The number of nitrogens with zero attached hydrogens (tertiary/aromatic N) is 2. The van der Waals surface area contributed by atoms with Crippen molar-refractivity contribution >= 4 is 5.82 Å². The van der Waals surface area contributed by atoms with Gasteiger partial charge in [-0.1, -0.05) is 18.2 Å². The zero-order valence-electron chi connectivity index (χ0n) is 9.27. The van der Waals surface area contributed by atoms with Crippen molar-refractivity contribution < 1.29 is 4.74 Å². The van der Waals surface area contributed by atoms with Gasteiger partial charge in [0.05, 0.1) is 5.56 Å². The zero-order valence-corrected chi connectivity index (χ0v) is 9.27. The summed E-state index contributed by atoms with van der Waals surface area (Å²) >= 11 is 0. The third-order valence-electron chi connectivity index (χ3n) is 2.23. The average Bonchev–Trinajstić information content (AvgIpc) is 2.33. The molecule has 2 aromatic rings. The van der Waals surface area contributed by atoms with Gasteiger partial charge in [-0.2, -0.15) is 0 Å². The van der Waals surface area contributed by atoms with Gasteiger partial charge in [0.1, 0.15) is 17.9 Å². The standard InChI is InChI=1S/C12H13N3O/c1-9-11(13-2)14-8-15-12(9)16-10-6-4-3-5-7-10/h3-8H,1-2H3,(H,13,14,15). The molecule has 16 heavy (non-hydrogen) atoms. The molecule has 2 rings (SSSR count). The van der Waals surface area contributed by atoms with Crippen LogP contribution in [0, 0.1) is 6.92 Å². The van der Waals surface area contributed by atoms with Crippen molar-refractivity contribution in [2.45, 2.75) is 6.92 Å². The van der Waals surface area contributed by atoms with Crippen LogP contribution in [0.15, 0.2) is 36.7 Å². The molecular weight excluding hydrogens is 202 g/mol. The van der Waals surface area contributed by atoms with Crippen molar-refractivity contribution in [1.29, 1.82) is 0 Å². The SMILES string of the molecule is CNc1ncnc(Oc2ccccc2)c1C. The molecule has 82 valence electrons. The summed E-state index contributed by atoms with van der Waals surface area (Å²) in [6.45, 7) is 1.92. The Balaban J connectivity index is 2.28. The summed E-state index contributed by atoms with van der Waals surface area (Å²) in [4.78, 5) is 8.21. The molecule has 0 amide bonds. The maximum atomic E-state index is 5.66. The molecule has 0 unspecified atom stereocenters. The number of hydrogen-bond donors (Lipinski definition) is 1. The lowest BCUT2D eigenvalue weighted by molar-refractivity contribution is 0.458. The molecule has 0 atom stereocenters. The van der Waals surface area contributed by atoms with Crippen LogP contribution in [0.5, 0.6) is 11.6 Å². The van der Waals surface area contributed by atoms with Crippen molar-refractivity contribution in [2.24, 2.45) is 0 Å². The van der Waals surface area contributed by atoms with E-state index in [1.165, 1.54) is 6.33 Å². The first-order valence-electron chi connectivity index (χ1n) is 5.03. The summed E-state index contributed by atoms with van der Waals surface area (Å²) < 4.78 is 5.66. The molecule has 1 heterocycles. The van der Waals surface area contributed by atoms with E-state index in [0.717, 1.165) is 17.1 Å². The average molecular weight is 215 g/mol. The van der Waals surface area contributed by atoms with Crippen LogP contribution in [-0.4, -0.2) is 17.0 Å². The fourth-order valence-corrected chi connectivity index (χ4v) is 1.39. The second-order valence-corrected chi connectivity index (χ2v) is 3.32. The first-order chi connectivity index (χ1) is 7.81. The van der Waals surface area contributed by atoms with E-state index in [-0.39, 0.29) is 0 Å². The molecule has 0 aliphatic rings. The zero-order chi connectivity index (χ0) is 11.4. The van der Waals surface area contributed by atoms with E-state index < -0.39 is 0 Å². The van der Waals surface area contributed by atoms with Gasteiger partial charge in [0.25, 0.3) is 0 Å². The molecule has 4 nitrogen and oxygen atoms in total. The Morgan fingerprint density at radius 2 is 1.88 bits per heavy atom. The number of aromatic nitrogens is 2. The van der Waals surface area contributed by atoms with Gasteiger partial charge in [-0.15, -0.1) is 0 Å². The summed E-state index contributed by atoms with van der Waals surface area (Å²) in [6.07, 6.45) is 1.48. The lowest BCUT2D eigenvalue weighted by Crippen LogP contribution is -1.99. The predicted molar refractivity (Wildman–Crippen MR) is 62.8 cm³/mol. The van der Waals surface area contributed by atoms with Gasteiger partial charge in [0.2, 0.25) is 5.88 Å². The molecule has 0 radical (unpaired) electrons. The monoisotopic (exact) mass is 215 g/mol. The Hall–Kier alpha value is -2.10. The third-order valence-corrected chi connectivity index (χ3v) is 2.23. The number of benzene rings is 1. The molecule has 0 fully saturated rings. The number of para-hydroxylation sites is 1. The Kier molecular flexibility index (Phi) is 3.00. The molecule has 1 aromatic carbocycles. The fourth-order valence-electron chi connectivity index (χ4n) is 1.39. The van der Waals surface area contributed by atoms with Crippen LogP contribution in [0.3, 0.4) is 0 Å². The third kappa shape index (κ3) is 2.11. The first-order valence-corrected chi connectivity index (χ1v) is 5.03. The van der Waals surface area contributed by atoms with E-state index in [4.69, 9.17) is 4.74 Å². The van der Waals surface area contributed by atoms with Crippen LogP contribution in [-0.2, 0) is 0 Å². The smallest absolute Gasteiger partial charge is 0.227 e. The molecule has 1 N–H and O–H groups in total. The summed E-state index contributed by atoms with van der Waals surface area (Å²) in [7, 11) is 1.82. The maximum absolute atomic E-state index is 5.66. The highest BCUT2D eigenvalue weighted by atomic mass is 16.5. The summed E-state index contributed by atoms with van der Waals surface area (Å²) in [5.41, 5.74) is 0.897. The largest absolute Gasteiger partial charge is 0.439 e. The highest BCUT2D eigenvalue weighted by Crippen LogP contribution is 2.25. The van der Waals surface area contributed by atoms with Crippen LogP contribution in [0.1, 0.15) is 5.56 Å². The van der Waals surface area contributed by atoms with E-state index in [1.807, 2.05) is 44.3 Å². The molecule has 1 aromatic heterocycles. The minimum Gasteiger partial charge on any atom is -0.439 e. The van der Waals surface area contributed by atoms with Gasteiger partial charge in [0.15, 0.2) is 0 Å². The second kappa shape index (κ2) is 4.61. The predicted octanol–water partition coefficient (Wildman–Crippen LogP) is 2.62. The number of anilines is 1. The summed E-state index contributed by atoms with van der Waals surface area (Å²) in [6, 6.07) is 9.57. The minimum atomic E-state index is 0.575. The Morgan fingerprint density at radius 3 is 2.56 bits per heavy atom. The van der Waals surface area contributed by atoms with Gasteiger partial charge < -0.3 is 10.1 Å². The van der Waals surface area contributed by atoms with E-state index >= 15 is 0 Å². The van der Waals surface area contributed by atoms with Gasteiger partial charge in [-0.3, -0.25) is 0 Å². The molecule has 0 bridgehead atoms. The summed E-state index contributed by atoms with van der Waals surface area (Å²) in [5, 5.41) is 2.99. The van der Waals surface area contributed by atoms with Crippen molar-refractivity contribution in [3.05, 3.63) is 42.2 Å². The van der Waals surface area contributed by atoms with Crippen molar-refractivity contribution in [3.63, 3.8) is 0 Å². The van der Waals surface area contributed by atoms with Crippen LogP contribution >= 0.6 is 0 Å². The van der Waals surface area contributed by atoms with E-state index in [0.29, 0.717) is 5.88 Å². The molecule has 4 heteroatoms. The van der Waals surface area contributed by atoms with Crippen LogP contribution in [0.4, 0.5) is 5.82 Å². The number of nitrogens with one attached hydrogen (secondary N) is 1. The normalized spacial score (nSPS) is 9.88. The molecule has 0 saturated carbocycles. The van der Waals surface area contributed by atoms with Crippen LogP contribution in [0.2, 0.25) is 0 Å². The number of hydrogen-bond acceptors (Lipinski definition) is 4. The molecule has 0 saturated heterocycles. The van der Waals surface area contributed by atoms with Crippen LogP contribution in [0.25, 0.3) is 0 Å². The highest BCUT2D eigenvalue weighted by molar-refractivity contribution is 5.48. The minimum absolute atomic E-state index is 0.575. The fraction of sp³-hybridized carbons (Fsp3) is 0.167. The van der Waals surface area contributed by atoms with Gasteiger partial charge >= 0.3 is 0 Å². The molecule has 0 spiro atoms. The molecule has 0 aliphatic heterocycles. The van der Waals surface area contributed by atoms with Gasteiger partial charge in [-0.05, 0) is 19.1 Å². The lowest BCUT2D eigenvalue weighted by Gasteiger charge is -2.09. The maximum Gasteiger partial charge on any atom is 0.227 e. The van der Waals surface area contributed by atoms with Crippen molar-refractivity contribution in [2.75, 3.05) is 12.4 Å². The van der Waals surface area contributed by atoms with E-state index in [1.54, 1.807) is 0 Å². The van der Waals surface area contributed by atoms with E-state index in [9.17, 15) is 0 Å². The molecular formula is C12H13N3O. The first kappa shape index (κ1) is 10.4. The van der Waals surface area contributed by atoms with Crippen molar-refractivity contribution in [3.8, 4) is 11.6 Å². The Labute approximate surface area is 94.3 Å². The topological polar surface area (TPSA) is 47.0 Å². The van der Waals surface area contributed by atoms with Gasteiger partial charge in [-0.25, -0.2) is 9.97 Å². The number of ether oxygens (including phenoxy) is 1. The van der Waals surface area contributed by atoms with E-state index in [2.05, 4.69) is 15.3 Å².